The Hall–Kier alpha value is -3.53. The first-order valence-corrected chi connectivity index (χ1v) is 10.8. The molecule has 1 N–H and O–H groups in total. The first-order chi connectivity index (χ1) is 15.2. The van der Waals surface area contributed by atoms with Crippen LogP contribution in [0, 0.1) is 5.82 Å². The van der Waals surface area contributed by atoms with E-state index in [9.17, 15) is 9.18 Å². The van der Waals surface area contributed by atoms with Gasteiger partial charge in [-0.25, -0.2) is 9.07 Å². The molecule has 0 unspecified atom stereocenters. The van der Waals surface area contributed by atoms with E-state index in [1.54, 1.807) is 16.8 Å². The molecule has 156 valence electrons. The summed E-state index contributed by atoms with van der Waals surface area (Å²) in [5.41, 5.74) is 2.36. The SMILES string of the molecule is O=C(CSc1nnnn1-c1cccc(F)c1)Nc1cc(C2CC2)nn1-c1ccccc1. The summed E-state index contributed by atoms with van der Waals surface area (Å²) >= 11 is 1.17. The van der Waals surface area contributed by atoms with Crippen LogP contribution < -0.4 is 5.32 Å². The number of thioether (sulfide) groups is 1. The van der Waals surface area contributed by atoms with Crippen molar-refractivity contribution in [1.82, 2.24) is 30.0 Å². The van der Waals surface area contributed by atoms with Gasteiger partial charge in [0.25, 0.3) is 0 Å². The van der Waals surface area contributed by atoms with Crippen molar-refractivity contribution < 1.29 is 9.18 Å². The Balaban J connectivity index is 1.31. The van der Waals surface area contributed by atoms with Crippen LogP contribution in [0.4, 0.5) is 10.2 Å². The largest absolute Gasteiger partial charge is 0.310 e. The molecule has 2 aromatic carbocycles. The monoisotopic (exact) mass is 435 g/mol. The molecule has 2 heterocycles. The molecule has 1 fully saturated rings. The second-order valence-electron chi connectivity index (χ2n) is 7.17. The van der Waals surface area contributed by atoms with Gasteiger partial charge in [0, 0.05) is 12.0 Å². The van der Waals surface area contributed by atoms with E-state index in [2.05, 4.69) is 20.8 Å². The first kappa shape index (κ1) is 19.4. The number of nitrogens with zero attached hydrogens (tertiary/aromatic N) is 6. The van der Waals surface area contributed by atoms with Crippen molar-refractivity contribution in [3.8, 4) is 11.4 Å². The van der Waals surface area contributed by atoms with Crippen molar-refractivity contribution in [2.75, 3.05) is 11.1 Å². The fourth-order valence-corrected chi connectivity index (χ4v) is 3.87. The second kappa shape index (κ2) is 8.31. The minimum atomic E-state index is -0.387. The van der Waals surface area contributed by atoms with E-state index < -0.39 is 0 Å². The Morgan fingerprint density at radius 3 is 2.65 bits per heavy atom. The van der Waals surface area contributed by atoms with E-state index in [4.69, 9.17) is 5.10 Å². The highest BCUT2D eigenvalue weighted by molar-refractivity contribution is 7.99. The summed E-state index contributed by atoms with van der Waals surface area (Å²) in [5.74, 6) is 0.587. The summed E-state index contributed by atoms with van der Waals surface area (Å²) in [6, 6.07) is 17.6. The van der Waals surface area contributed by atoms with Crippen molar-refractivity contribution in [2.24, 2.45) is 0 Å². The number of para-hydroxylation sites is 1. The normalized spacial score (nSPS) is 13.3. The molecule has 1 aliphatic carbocycles. The minimum Gasteiger partial charge on any atom is -0.310 e. The summed E-state index contributed by atoms with van der Waals surface area (Å²) in [7, 11) is 0. The second-order valence-corrected chi connectivity index (χ2v) is 8.11. The van der Waals surface area contributed by atoms with Crippen molar-refractivity contribution >= 4 is 23.5 Å². The molecule has 4 aromatic rings. The lowest BCUT2D eigenvalue weighted by Gasteiger charge is -2.09. The minimum absolute atomic E-state index is 0.0917. The predicted octanol–water partition coefficient (Wildman–Crippen LogP) is 3.60. The molecule has 0 aliphatic heterocycles. The average Bonchev–Trinajstić information content (AvgIpc) is 3.38. The lowest BCUT2D eigenvalue weighted by atomic mass is 10.3. The predicted molar refractivity (Wildman–Crippen MR) is 114 cm³/mol. The highest BCUT2D eigenvalue weighted by atomic mass is 32.2. The zero-order chi connectivity index (χ0) is 21.2. The van der Waals surface area contributed by atoms with Crippen LogP contribution in [0.15, 0.2) is 65.8 Å². The quantitative estimate of drug-likeness (QED) is 0.446. The maximum absolute atomic E-state index is 13.5. The summed E-state index contributed by atoms with van der Waals surface area (Å²) in [4.78, 5) is 12.7. The summed E-state index contributed by atoms with van der Waals surface area (Å²) in [6.45, 7) is 0. The van der Waals surface area contributed by atoms with Crippen LogP contribution >= 0.6 is 11.8 Å². The number of halogens is 1. The Morgan fingerprint density at radius 1 is 1.06 bits per heavy atom. The number of rotatable bonds is 7. The van der Waals surface area contributed by atoms with Gasteiger partial charge in [0.1, 0.15) is 11.6 Å². The number of hydrogen-bond acceptors (Lipinski definition) is 6. The highest BCUT2D eigenvalue weighted by Gasteiger charge is 2.28. The summed E-state index contributed by atoms with van der Waals surface area (Å²) < 4.78 is 16.7. The Kier molecular flexibility index (Phi) is 5.21. The Morgan fingerprint density at radius 2 is 1.87 bits per heavy atom. The molecule has 0 spiro atoms. The lowest BCUT2D eigenvalue weighted by Crippen LogP contribution is -2.17. The number of amides is 1. The van der Waals surface area contributed by atoms with Crippen LogP contribution in [0.5, 0.6) is 0 Å². The summed E-state index contributed by atoms with van der Waals surface area (Å²) in [5, 5.41) is 19.5. The van der Waals surface area contributed by atoms with Gasteiger partial charge in [0.2, 0.25) is 11.1 Å². The first-order valence-electron chi connectivity index (χ1n) is 9.80. The highest BCUT2D eigenvalue weighted by Crippen LogP contribution is 2.40. The van der Waals surface area contributed by atoms with Crippen LogP contribution in [0.1, 0.15) is 24.5 Å². The number of tetrazole rings is 1. The van der Waals surface area contributed by atoms with Gasteiger partial charge in [-0.2, -0.15) is 9.78 Å². The molecule has 0 radical (unpaired) electrons. The third-order valence-electron chi connectivity index (χ3n) is 4.82. The van der Waals surface area contributed by atoms with Gasteiger partial charge in [-0.3, -0.25) is 4.79 Å². The van der Waals surface area contributed by atoms with Crippen molar-refractivity contribution in [3.63, 3.8) is 0 Å². The van der Waals surface area contributed by atoms with Crippen LogP contribution in [0.25, 0.3) is 11.4 Å². The maximum Gasteiger partial charge on any atom is 0.236 e. The molecular weight excluding hydrogens is 417 g/mol. The van der Waals surface area contributed by atoms with E-state index in [0.29, 0.717) is 22.6 Å². The van der Waals surface area contributed by atoms with Crippen LogP contribution in [-0.2, 0) is 4.79 Å². The Labute approximate surface area is 181 Å². The zero-order valence-corrected chi connectivity index (χ0v) is 17.2. The van der Waals surface area contributed by atoms with Gasteiger partial charge in [0.15, 0.2) is 0 Å². The molecule has 1 saturated carbocycles. The fraction of sp³-hybridized carbons (Fsp3) is 0.190. The van der Waals surface area contributed by atoms with Gasteiger partial charge in [0.05, 0.1) is 22.8 Å². The van der Waals surface area contributed by atoms with Gasteiger partial charge in [-0.15, -0.1) is 5.10 Å². The van der Waals surface area contributed by atoms with Crippen LogP contribution in [-0.4, -0.2) is 41.6 Å². The number of aromatic nitrogens is 6. The van der Waals surface area contributed by atoms with Gasteiger partial charge in [-0.05, 0) is 53.6 Å². The third kappa shape index (κ3) is 4.33. The number of carbonyl (C=O) groups excluding carboxylic acids is 1. The smallest absolute Gasteiger partial charge is 0.236 e. The molecule has 5 rings (SSSR count). The van der Waals surface area contributed by atoms with E-state index in [1.807, 2.05) is 36.4 Å². The van der Waals surface area contributed by atoms with E-state index in [0.717, 1.165) is 24.2 Å². The molecule has 10 heteroatoms. The fourth-order valence-electron chi connectivity index (χ4n) is 3.18. The van der Waals surface area contributed by atoms with Crippen molar-refractivity contribution in [1.29, 1.82) is 0 Å². The lowest BCUT2D eigenvalue weighted by molar-refractivity contribution is -0.113. The molecule has 0 bridgehead atoms. The topological polar surface area (TPSA) is 90.5 Å². The molecule has 1 amide bonds. The molecular formula is C21H18FN7OS. The molecule has 2 aromatic heterocycles. The molecule has 1 aliphatic rings. The van der Waals surface area contributed by atoms with Gasteiger partial charge in [-0.1, -0.05) is 36.0 Å². The van der Waals surface area contributed by atoms with Gasteiger partial charge < -0.3 is 5.32 Å². The number of benzene rings is 2. The number of anilines is 1. The molecule has 8 nitrogen and oxygen atoms in total. The van der Waals surface area contributed by atoms with E-state index >= 15 is 0 Å². The number of carbonyl (C=O) groups is 1. The average molecular weight is 435 g/mol. The van der Waals surface area contributed by atoms with Crippen LogP contribution in [0.3, 0.4) is 0 Å². The van der Waals surface area contributed by atoms with Crippen LogP contribution in [0.2, 0.25) is 0 Å². The van der Waals surface area contributed by atoms with Crippen molar-refractivity contribution in [3.05, 3.63) is 72.2 Å². The molecule has 0 saturated heterocycles. The number of nitrogens with one attached hydrogen (secondary N) is 1. The Bertz CT molecular complexity index is 1220. The molecule has 31 heavy (non-hydrogen) atoms. The third-order valence-corrected chi connectivity index (χ3v) is 5.74. The van der Waals surface area contributed by atoms with Crippen molar-refractivity contribution in [2.45, 2.75) is 23.9 Å². The van der Waals surface area contributed by atoms with E-state index in [-0.39, 0.29) is 17.5 Å². The summed E-state index contributed by atoms with van der Waals surface area (Å²) in [6.07, 6.45) is 2.25. The molecule has 0 atom stereocenters. The van der Waals surface area contributed by atoms with E-state index in [1.165, 1.54) is 28.6 Å². The maximum atomic E-state index is 13.5. The standard InChI is InChI=1S/C21H18FN7OS/c22-15-5-4-8-17(11-15)29-21(24-26-27-29)31-13-20(30)23-19-12-18(14-9-10-14)25-28(19)16-6-2-1-3-7-16/h1-8,11-12,14H,9-10,13H2,(H,23,30). The van der Waals surface area contributed by atoms with Gasteiger partial charge >= 0.3 is 0 Å². The zero-order valence-electron chi connectivity index (χ0n) is 16.3. The number of hydrogen-bond donors (Lipinski definition) is 1.